The predicted molar refractivity (Wildman–Crippen MR) is 101 cm³/mol. The predicted octanol–water partition coefficient (Wildman–Crippen LogP) is 2.42. The first-order valence-corrected chi connectivity index (χ1v) is 8.49. The van der Waals surface area contributed by atoms with Gasteiger partial charge in [0.05, 0.1) is 4.92 Å². The van der Waals surface area contributed by atoms with E-state index in [0.717, 1.165) is 18.2 Å². The monoisotopic (exact) mass is 403 g/mol. The SMILES string of the molecule is C[C@H](NC(=O)c1cccc([N+](=O)[O-])c1)C(=O)O[C@H](C)C(=O)Nc1ccc(F)cc1. The van der Waals surface area contributed by atoms with E-state index in [1.807, 2.05) is 0 Å². The number of hydrogen-bond acceptors (Lipinski definition) is 6. The summed E-state index contributed by atoms with van der Waals surface area (Å²) in [7, 11) is 0. The molecule has 2 N–H and O–H groups in total. The van der Waals surface area contributed by atoms with Crippen LogP contribution < -0.4 is 10.6 Å². The molecule has 9 nitrogen and oxygen atoms in total. The summed E-state index contributed by atoms with van der Waals surface area (Å²) < 4.78 is 17.9. The van der Waals surface area contributed by atoms with Gasteiger partial charge in [0.25, 0.3) is 17.5 Å². The van der Waals surface area contributed by atoms with Crippen LogP contribution in [0.5, 0.6) is 0 Å². The number of ether oxygens (including phenoxy) is 1. The number of esters is 1. The Morgan fingerprint density at radius 3 is 2.38 bits per heavy atom. The van der Waals surface area contributed by atoms with Gasteiger partial charge in [0, 0.05) is 23.4 Å². The summed E-state index contributed by atoms with van der Waals surface area (Å²) in [6.45, 7) is 2.69. The van der Waals surface area contributed by atoms with Gasteiger partial charge in [0.1, 0.15) is 11.9 Å². The van der Waals surface area contributed by atoms with E-state index in [-0.39, 0.29) is 11.3 Å². The Hall–Kier alpha value is -3.82. The number of amides is 2. The summed E-state index contributed by atoms with van der Waals surface area (Å²) in [5, 5.41) is 15.6. The lowest BCUT2D eigenvalue weighted by Crippen LogP contribution is -2.42. The second-order valence-corrected chi connectivity index (χ2v) is 6.08. The number of benzene rings is 2. The van der Waals surface area contributed by atoms with Crippen molar-refractivity contribution in [2.75, 3.05) is 5.32 Å². The van der Waals surface area contributed by atoms with Crippen molar-refractivity contribution < 1.29 is 28.4 Å². The molecule has 0 heterocycles. The highest BCUT2D eigenvalue weighted by molar-refractivity contribution is 5.98. The highest BCUT2D eigenvalue weighted by Crippen LogP contribution is 2.13. The summed E-state index contributed by atoms with van der Waals surface area (Å²) in [5.41, 5.74) is 0.0613. The number of non-ortho nitro benzene ring substituents is 1. The number of hydrogen-bond donors (Lipinski definition) is 2. The van der Waals surface area contributed by atoms with E-state index in [0.29, 0.717) is 5.69 Å². The molecular weight excluding hydrogens is 385 g/mol. The number of halogens is 1. The molecular formula is C19H18FN3O6. The van der Waals surface area contributed by atoms with Crippen LogP contribution in [0.1, 0.15) is 24.2 Å². The number of nitro groups is 1. The molecule has 10 heteroatoms. The van der Waals surface area contributed by atoms with E-state index >= 15 is 0 Å². The molecule has 0 aliphatic rings. The Balaban J connectivity index is 1.91. The second kappa shape index (κ2) is 9.40. The zero-order valence-electron chi connectivity index (χ0n) is 15.5. The average molecular weight is 403 g/mol. The van der Waals surface area contributed by atoms with Crippen molar-refractivity contribution in [2.24, 2.45) is 0 Å². The molecule has 0 spiro atoms. The topological polar surface area (TPSA) is 128 Å². The number of rotatable bonds is 7. The maximum Gasteiger partial charge on any atom is 0.329 e. The molecule has 2 aromatic carbocycles. The van der Waals surface area contributed by atoms with E-state index in [2.05, 4.69) is 10.6 Å². The van der Waals surface area contributed by atoms with Crippen LogP contribution >= 0.6 is 0 Å². The molecule has 0 aliphatic heterocycles. The van der Waals surface area contributed by atoms with Crippen molar-refractivity contribution in [2.45, 2.75) is 26.0 Å². The first-order chi connectivity index (χ1) is 13.7. The fraction of sp³-hybridized carbons (Fsp3) is 0.211. The minimum atomic E-state index is -1.18. The largest absolute Gasteiger partial charge is 0.451 e. The number of carbonyl (C=O) groups is 3. The van der Waals surface area contributed by atoms with Crippen molar-refractivity contribution >= 4 is 29.2 Å². The molecule has 0 saturated heterocycles. The first kappa shape index (κ1) is 21.5. The minimum absolute atomic E-state index is 0.000881. The zero-order chi connectivity index (χ0) is 21.6. The highest BCUT2D eigenvalue weighted by atomic mass is 19.1. The minimum Gasteiger partial charge on any atom is -0.451 e. The zero-order valence-corrected chi connectivity index (χ0v) is 15.5. The standard InChI is InChI=1S/C19H18FN3O6/c1-11(21-18(25)13-4-3-5-16(10-13)23(27)28)19(26)29-12(2)17(24)22-15-8-6-14(20)7-9-15/h3-12H,1-2H3,(H,21,25)(H,22,24)/t11-,12+/m0/s1. The van der Waals surface area contributed by atoms with Crippen LogP contribution in [-0.2, 0) is 14.3 Å². The van der Waals surface area contributed by atoms with E-state index in [1.54, 1.807) is 0 Å². The summed E-state index contributed by atoms with van der Waals surface area (Å²) in [5.74, 6) is -2.68. The average Bonchev–Trinajstić information content (AvgIpc) is 2.69. The van der Waals surface area contributed by atoms with E-state index in [9.17, 15) is 28.9 Å². The molecule has 0 aromatic heterocycles. The summed E-state index contributed by atoms with van der Waals surface area (Å²) in [6, 6.07) is 8.94. The maximum atomic E-state index is 12.9. The Morgan fingerprint density at radius 2 is 1.76 bits per heavy atom. The third-order valence-corrected chi connectivity index (χ3v) is 3.79. The Labute approximate surface area is 165 Å². The normalized spacial score (nSPS) is 12.4. The fourth-order valence-corrected chi connectivity index (χ4v) is 2.21. The lowest BCUT2D eigenvalue weighted by molar-refractivity contribution is -0.384. The fourth-order valence-electron chi connectivity index (χ4n) is 2.21. The van der Waals surface area contributed by atoms with Crippen molar-refractivity contribution in [3.8, 4) is 0 Å². The molecule has 2 amide bonds. The van der Waals surface area contributed by atoms with Crippen molar-refractivity contribution in [1.82, 2.24) is 5.32 Å². The van der Waals surface area contributed by atoms with E-state index < -0.39 is 40.7 Å². The molecule has 2 aromatic rings. The number of carbonyl (C=O) groups excluding carboxylic acids is 3. The molecule has 0 unspecified atom stereocenters. The molecule has 0 fully saturated rings. The smallest absolute Gasteiger partial charge is 0.329 e. The van der Waals surface area contributed by atoms with Gasteiger partial charge in [-0.3, -0.25) is 19.7 Å². The van der Waals surface area contributed by atoms with Gasteiger partial charge in [-0.2, -0.15) is 0 Å². The van der Waals surface area contributed by atoms with Crippen LogP contribution in [0.4, 0.5) is 15.8 Å². The van der Waals surface area contributed by atoms with Gasteiger partial charge in [-0.25, -0.2) is 9.18 Å². The first-order valence-electron chi connectivity index (χ1n) is 8.49. The molecule has 29 heavy (non-hydrogen) atoms. The maximum absolute atomic E-state index is 12.9. The molecule has 0 bridgehead atoms. The Bertz CT molecular complexity index is 932. The van der Waals surface area contributed by atoms with Gasteiger partial charge in [-0.15, -0.1) is 0 Å². The van der Waals surface area contributed by atoms with Crippen LogP contribution in [0, 0.1) is 15.9 Å². The van der Waals surface area contributed by atoms with Gasteiger partial charge in [-0.1, -0.05) is 6.07 Å². The van der Waals surface area contributed by atoms with E-state index in [4.69, 9.17) is 4.74 Å². The van der Waals surface area contributed by atoms with Crippen LogP contribution in [-0.4, -0.2) is 34.9 Å². The number of nitrogens with one attached hydrogen (secondary N) is 2. The summed E-state index contributed by atoms with van der Waals surface area (Å²) >= 11 is 0. The van der Waals surface area contributed by atoms with Crippen LogP contribution in [0.25, 0.3) is 0 Å². The third kappa shape index (κ3) is 6.09. The van der Waals surface area contributed by atoms with Crippen molar-refractivity contribution in [3.05, 3.63) is 70.0 Å². The molecule has 0 aliphatic carbocycles. The third-order valence-electron chi connectivity index (χ3n) is 3.79. The van der Waals surface area contributed by atoms with Gasteiger partial charge in [0.2, 0.25) is 0 Å². The van der Waals surface area contributed by atoms with Gasteiger partial charge < -0.3 is 15.4 Å². The van der Waals surface area contributed by atoms with Crippen LogP contribution in [0.15, 0.2) is 48.5 Å². The Kier molecular flexibility index (Phi) is 6.96. The quantitative estimate of drug-likeness (QED) is 0.415. The molecule has 2 rings (SSSR count). The Morgan fingerprint density at radius 1 is 1.10 bits per heavy atom. The van der Waals surface area contributed by atoms with Crippen molar-refractivity contribution in [3.63, 3.8) is 0 Å². The second-order valence-electron chi connectivity index (χ2n) is 6.08. The van der Waals surface area contributed by atoms with E-state index in [1.165, 1.54) is 44.2 Å². The molecule has 152 valence electrons. The molecule has 0 radical (unpaired) electrons. The lowest BCUT2D eigenvalue weighted by atomic mass is 10.2. The number of nitrogens with zero attached hydrogens (tertiary/aromatic N) is 1. The molecule has 2 atom stereocenters. The van der Waals surface area contributed by atoms with Crippen LogP contribution in [0.2, 0.25) is 0 Å². The van der Waals surface area contributed by atoms with Gasteiger partial charge in [0.15, 0.2) is 6.10 Å². The molecule has 0 saturated carbocycles. The van der Waals surface area contributed by atoms with Crippen molar-refractivity contribution in [1.29, 1.82) is 0 Å². The van der Waals surface area contributed by atoms with Crippen LogP contribution in [0.3, 0.4) is 0 Å². The van der Waals surface area contributed by atoms with Gasteiger partial charge >= 0.3 is 5.97 Å². The number of anilines is 1. The van der Waals surface area contributed by atoms with Gasteiger partial charge in [-0.05, 0) is 44.2 Å². The number of nitro benzene ring substituents is 1. The summed E-state index contributed by atoms with van der Waals surface area (Å²) in [6.07, 6.45) is -1.18. The highest BCUT2D eigenvalue weighted by Gasteiger charge is 2.24. The lowest BCUT2D eigenvalue weighted by Gasteiger charge is -2.17. The summed E-state index contributed by atoms with van der Waals surface area (Å²) in [4.78, 5) is 46.5.